The maximum atomic E-state index is 12.3. The van der Waals surface area contributed by atoms with Crippen molar-refractivity contribution in [3.05, 3.63) is 5.82 Å². The normalized spacial score (nSPS) is 21.9. The van der Waals surface area contributed by atoms with E-state index in [1.54, 1.807) is 4.90 Å². The highest BCUT2D eigenvalue weighted by atomic mass is 32.2. The van der Waals surface area contributed by atoms with Crippen LogP contribution in [0.25, 0.3) is 0 Å². The number of primary amides is 1. The number of nitrogens with two attached hydrogens (primary N) is 1. The van der Waals surface area contributed by atoms with E-state index in [-0.39, 0.29) is 17.7 Å². The van der Waals surface area contributed by atoms with Crippen molar-refractivity contribution in [2.45, 2.75) is 43.8 Å². The second-order valence-electron chi connectivity index (χ2n) is 6.00. The lowest BCUT2D eigenvalue weighted by molar-refractivity contribution is -0.132. The number of amides is 2. The predicted molar refractivity (Wildman–Crippen MR) is 82.3 cm³/mol. The lowest BCUT2D eigenvalue weighted by atomic mass is 9.97. The molecule has 2 fully saturated rings. The fraction of sp³-hybridized carbons (Fsp3) is 0.714. The average molecular weight is 323 g/mol. The van der Waals surface area contributed by atoms with E-state index < -0.39 is 0 Å². The van der Waals surface area contributed by atoms with Gasteiger partial charge in [0.1, 0.15) is 5.82 Å². The van der Waals surface area contributed by atoms with Gasteiger partial charge in [-0.3, -0.25) is 9.59 Å². The van der Waals surface area contributed by atoms with Gasteiger partial charge >= 0.3 is 0 Å². The van der Waals surface area contributed by atoms with Gasteiger partial charge in [0.2, 0.25) is 11.8 Å². The number of carbonyl (C=O) groups excluding carboxylic acids is 2. The molecule has 0 bridgehead atoms. The standard InChI is InChI=1S/C14H21N5O2S/c1-9-16-17-14(19(9)11-4-5-11)22-8-12(20)18-6-2-3-10(7-18)13(15)21/h10-11H,2-8H2,1H3,(H2,15,21)/t10-/m1/s1. The molecule has 3 rings (SSSR count). The van der Waals surface area contributed by atoms with Crippen LogP contribution in [0.15, 0.2) is 5.16 Å². The molecule has 2 heterocycles. The molecule has 7 nitrogen and oxygen atoms in total. The van der Waals surface area contributed by atoms with Crippen molar-refractivity contribution in [3.8, 4) is 0 Å². The van der Waals surface area contributed by atoms with Gasteiger partial charge in [0.25, 0.3) is 0 Å². The lowest BCUT2D eigenvalue weighted by Crippen LogP contribution is -2.44. The Balaban J connectivity index is 1.57. The van der Waals surface area contributed by atoms with Gasteiger partial charge in [-0.15, -0.1) is 10.2 Å². The Morgan fingerprint density at radius 2 is 2.09 bits per heavy atom. The molecule has 0 unspecified atom stereocenters. The van der Waals surface area contributed by atoms with Crippen molar-refractivity contribution in [2.75, 3.05) is 18.8 Å². The first-order valence-electron chi connectivity index (χ1n) is 7.67. The number of hydrogen-bond acceptors (Lipinski definition) is 5. The Kier molecular flexibility index (Phi) is 4.37. The topological polar surface area (TPSA) is 94.1 Å². The van der Waals surface area contributed by atoms with E-state index in [1.165, 1.54) is 11.8 Å². The van der Waals surface area contributed by atoms with Crippen LogP contribution in [0.3, 0.4) is 0 Å². The quantitative estimate of drug-likeness (QED) is 0.807. The molecule has 8 heteroatoms. The summed E-state index contributed by atoms with van der Waals surface area (Å²) in [7, 11) is 0. The molecule has 1 saturated carbocycles. The van der Waals surface area contributed by atoms with Crippen LogP contribution < -0.4 is 5.73 Å². The Labute approximate surface area is 133 Å². The van der Waals surface area contributed by atoms with Gasteiger partial charge in [-0.1, -0.05) is 11.8 Å². The summed E-state index contributed by atoms with van der Waals surface area (Å²) in [4.78, 5) is 25.4. The fourth-order valence-corrected chi connectivity index (χ4v) is 3.81. The number of rotatable bonds is 5. The van der Waals surface area contributed by atoms with Gasteiger partial charge in [-0.2, -0.15) is 0 Å². The van der Waals surface area contributed by atoms with E-state index in [4.69, 9.17) is 5.73 Å². The molecule has 22 heavy (non-hydrogen) atoms. The first kappa shape index (κ1) is 15.3. The van der Waals surface area contributed by atoms with E-state index in [0.29, 0.717) is 24.9 Å². The molecule has 120 valence electrons. The highest BCUT2D eigenvalue weighted by Gasteiger charge is 2.30. The Morgan fingerprint density at radius 1 is 1.32 bits per heavy atom. The van der Waals surface area contributed by atoms with Crippen molar-refractivity contribution in [1.29, 1.82) is 0 Å². The molecule has 0 radical (unpaired) electrons. The number of thioether (sulfide) groups is 1. The number of nitrogens with zero attached hydrogens (tertiary/aromatic N) is 4. The largest absolute Gasteiger partial charge is 0.369 e. The van der Waals surface area contributed by atoms with Crippen LogP contribution in [-0.4, -0.2) is 50.3 Å². The first-order valence-corrected chi connectivity index (χ1v) is 8.66. The third kappa shape index (κ3) is 3.26. The minimum absolute atomic E-state index is 0.0407. The summed E-state index contributed by atoms with van der Waals surface area (Å²) in [6, 6.07) is 0.502. The Hall–Kier alpha value is -1.57. The van der Waals surface area contributed by atoms with Crippen LogP contribution in [0, 0.1) is 12.8 Å². The molecule has 2 aliphatic rings. The Bertz CT molecular complexity index is 584. The number of hydrogen-bond donors (Lipinski definition) is 1. The van der Waals surface area contributed by atoms with Crippen LogP contribution >= 0.6 is 11.8 Å². The van der Waals surface area contributed by atoms with E-state index in [1.807, 2.05) is 6.92 Å². The van der Waals surface area contributed by atoms with Crippen molar-refractivity contribution in [2.24, 2.45) is 11.7 Å². The number of carbonyl (C=O) groups is 2. The molecule has 1 saturated heterocycles. The van der Waals surface area contributed by atoms with E-state index in [2.05, 4.69) is 14.8 Å². The van der Waals surface area contributed by atoms with Crippen molar-refractivity contribution < 1.29 is 9.59 Å². The van der Waals surface area contributed by atoms with Crippen LogP contribution in [-0.2, 0) is 9.59 Å². The minimum atomic E-state index is -0.311. The van der Waals surface area contributed by atoms with Gasteiger partial charge < -0.3 is 15.2 Å². The molecule has 1 atom stereocenters. The number of aryl methyl sites for hydroxylation is 1. The maximum Gasteiger partial charge on any atom is 0.233 e. The lowest BCUT2D eigenvalue weighted by Gasteiger charge is -2.31. The summed E-state index contributed by atoms with van der Waals surface area (Å²) in [6.07, 6.45) is 3.93. The monoisotopic (exact) mass is 323 g/mol. The van der Waals surface area contributed by atoms with Gasteiger partial charge in [-0.25, -0.2) is 0 Å². The highest BCUT2D eigenvalue weighted by Crippen LogP contribution is 2.38. The minimum Gasteiger partial charge on any atom is -0.369 e. The van der Waals surface area contributed by atoms with Gasteiger partial charge in [-0.05, 0) is 32.6 Å². The second kappa shape index (κ2) is 6.28. The third-order valence-electron chi connectivity index (χ3n) is 4.25. The summed E-state index contributed by atoms with van der Waals surface area (Å²) in [5.41, 5.74) is 5.35. The molecule has 1 aromatic rings. The molecule has 0 aromatic carbocycles. The van der Waals surface area contributed by atoms with E-state index in [0.717, 1.165) is 36.7 Å². The molecule has 2 N–H and O–H groups in total. The van der Waals surface area contributed by atoms with E-state index in [9.17, 15) is 9.59 Å². The summed E-state index contributed by atoms with van der Waals surface area (Å²) in [5, 5.41) is 9.09. The number of piperidine rings is 1. The average Bonchev–Trinajstić information content (AvgIpc) is 3.28. The summed E-state index contributed by atoms with van der Waals surface area (Å²) < 4.78 is 2.13. The molecule has 0 spiro atoms. The van der Waals surface area contributed by atoms with Crippen LogP contribution in [0.1, 0.15) is 37.5 Å². The molecule has 1 aromatic heterocycles. The molecule has 2 amide bonds. The van der Waals surface area contributed by atoms with Gasteiger partial charge in [0.15, 0.2) is 5.16 Å². The van der Waals surface area contributed by atoms with Crippen molar-refractivity contribution in [3.63, 3.8) is 0 Å². The zero-order chi connectivity index (χ0) is 15.7. The number of likely N-dealkylation sites (tertiary alicyclic amines) is 1. The summed E-state index contributed by atoms with van der Waals surface area (Å²) in [6.45, 7) is 3.10. The molecular weight excluding hydrogens is 302 g/mol. The first-order chi connectivity index (χ1) is 10.6. The zero-order valence-corrected chi connectivity index (χ0v) is 13.5. The fourth-order valence-electron chi connectivity index (χ4n) is 2.85. The maximum absolute atomic E-state index is 12.3. The molecule has 1 aliphatic heterocycles. The predicted octanol–water partition coefficient (Wildman–Crippen LogP) is 0.737. The molecule has 1 aliphatic carbocycles. The van der Waals surface area contributed by atoms with Crippen LogP contribution in [0.2, 0.25) is 0 Å². The number of aromatic nitrogens is 3. The van der Waals surface area contributed by atoms with Crippen molar-refractivity contribution >= 4 is 23.6 Å². The second-order valence-corrected chi connectivity index (χ2v) is 6.94. The summed E-state index contributed by atoms with van der Waals surface area (Å²) >= 11 is 1.43. The van der Waals surface area contributed by atoms with Crippen molar-refractivity contribution in [1.82, 2.24) is 19.7 Å². The third-order valence-corrected chi connectivity index (χ3v) is 5.18. The zero-order valence-electron chi connectivity index (χ0n) is 12.7. The smallest absolute Gasteiger partial charge is 0.233 e. The Morgan fingerprint density at radius 3 is 2.77 bits per heavy atom. The summed E-state index contributed by atoms with van der Waals surface area (Å²) in [5.74, 6) is 0.758. The van der Waals surface area contributed by atoms with E-state index >= 15 is 0 Å². The van der Waals surface area contributed by atoms with Crippen LogP contribution in [0.4, 0.5) is 0 Å². The molecular formula is C14H21N5O2S. The highest BCUT2D eigenvalue weighted by molar-refractivity contribution is 7.99. The SMILES string of the molecule is Cc1nnc(SCC(=O)N2CCC[C@@H](C(N)=O)C2)n1C1CC1. The van der Waals surface area contributed by atoms with Crippen LogP contribution in [0.5, 0.6) is 0 Å². The van der Waals surface area contributed by atoms with Gasteiger partial charge in [0.05, 0.1) is 11.7 Å². The van der Waals surface area contributed by atoms with Gasteiger partial charge in [0, 0.05) is 19.1 Å².